The summed E-state index contributed by atoms with van der Waals surface area (Å²) in [6.07, 6.45) is 4.14. The summed E-state index contributed by atoms with van der Waals surface area (Å²) in [6.45, 7) is 0. The van der Waals surface area contributed by atoms with Crippen molar-refractivity contribution < 1.29 is 0 Å². The van der Waals surface area contributed by atoms with Crippen LogP contribution >= 0.6 is 0 Å². The van der Waals surface area contributed by atoms with Crippen LogP contribution in [-0.2, 0) is 6.42 Å². The van der Waals surface area contributed by atoms with Gasteiger partial charge < -0.3 is 4.90 Å². The summed E-state index contributed by atoms with van der Waals surface area (Å²) >= 11 is 0. The lowest BCUT2D eigenvalue weighted by molar-refractivity contribution is 0.828. The van der Waals surface area contributed by atoms with Crippen LogP contribution in [0.2, 0.25) is 0 Å². The SMILES string of the molecule is CN(C)c1ccccc1CC1CC1. The van der Waals surface area contributed by atoms with Crippen molar-refractivity contribution in [2.24, 2.45) is 5.92 Å². The Balaban J connectivity index is 2.20. The topological polar surface area (TPSA) is 3.24 Å². The Morgan fingerprint density at radius 1 is 1.23 bits per heavy atom. The molecule has 0 spiro atoms. The van der Waals surface area contributed by atoms with Gasteiger partial charge in [0.05, 0.1) is 0 Å². The number of rotatable bonds is 3. The van der Waals surface area contributed by atoms with Gasteiger partial charge in [0.15, 0.2) is 0 Å². The number of para-hydroxylation sites is 1. The fourth-order valence-corrected chi connectivity index (χ4v) is 1.75. The Labute approximate surface area is 80.4 Å². The largest absolute Gasteiger partial charge is 0.377 e. The Morgan fingerprint density at radius 2 is 1.92 bits per heavy atom. The molecule has 1 aromatic rings. The Kier molecular flexibility index (Phi) is 2.26. The van der Waals surface area contributed by atoms with E-state index in [2.05, 4.69) is 43.3 Å². The van der Waals surface area contributed by atoms with Gasteiger partial charge in [-0.2, -0.15) is 0 Å². The van der Waals surface area contributed by atoms with Crippen molar-refractivity contribution in [1.29, 1.82) is 0 Å². The van der Waals surface area contributed by atoms with E-state index in [4.69, 9.17) is 0 Å². The molecule has 1 aromatic carbocycles. The summed E-state index contributed by atoms with van der Waals surface area (Å²) in [4.78, 5) is 2.21. The minimum Gasteiger partial charge on any atom is -0.377 e. The molecule has 1 nitrogen and oxygen atoms in total. The van der Waals surface area contributed by atoms with Gasteiger partial charge in [0.1, 0.15) is 0 Å². The van der Waals surface area contributed by atoms with Crippen LogP contribution in [0.25, 0.3) is 0 Å². The molecule has 2 rings (SSSR count). The molecule has 13 heavy (non-hydrogen) atoms. The molecule has 70 valence electrons. The standard InChI is InChI=1S/C12H17N/c1-13(2)12-6-4-3-5-11(12)9-10-7-8-10/h3-6,10H,7-9H2,1-2H3. The number of benzene rings is 1. The van der Waals surface area contributed by atoms with Gasteiger partial charge in [-0.05, 0) is 36.8 Å². The van der Waals surface area contributed by atoms with Gasteiger partial charge in [-0.25, -0.2) is 0 Å². The van der Waals surface area contributed by atoms with Crippen molar-refractivity contribution in [3.63, 3.8) is 0 Å². The van der Waals surface area contributed by atoms with Crippen molar-refractivity contribution >= 4 is 5.69 Å². The van der Waals surface area contributed by atoms with Crippen LogP contribution in [0.4, 0.5) is 5.69 Å². The third-order valence-electron chi connectivity index (χ3n) is 2.68. The van der Waals surface area contributed by atoms with Crippen molar-refractivity contribution in [2.45, 2.75) is 19.3 Å². The average Bonchev–Trinajstić information content (AvgIpc) is 2.89. The summed E-state index contributed by atoms with van der Waals surface area (Å²) < 4.78 is 0. The van der Waals surface area contributed by atoms with Crippen molar-refractivity contribution in [3.05, 3.63) is 29.8 Å². The zero-order chi connectivity index (χ0) is 9.26. The summed E-state index contributed by atoms with van der Waals surface area (Å²) in [7, 11) is 4.23. The second-order valence-electron chi connectivity index (χ2n) is 4.17. The summed E-state index contributed by atoms with van der Waals surface area (Å²) in [6, 6.07) is 8.72. The van der Waals surface area contributed by atoms with Crippen LogP contribution in [0.15, 0.2) is 24.3 Å². The number of anilines is 1. The van der Waals surface area contributed by atoms with Crippen LogP contribution < -0.4 is 4.90 Å². The zero-order valence-corrected chi connectivity index (χ0v) is 8.46. The van der Waals surface area contributed by atoms with E-state index in [1.54, 1.807) is 0 Å². The highest BCUT2D eigenvalue weighted by Crippen LogP contribution is 2.34. The minimum absolute atomic E-state index is 0.973. The summed E-state index contributed by atoms with van der Waals surface area (Å²) in [5.41, 5.74) is 2.89. The van der Waals surface area contributed by atoms with Crippen molar-refractivity contribution in [2.75, 3.05) is 19.0 Å². The predicted octanol–water partition coefficient (Wildman–Crippen LogP) is 2.71. The van der Waals surface area contributed by atoms with Gasteiger partial charge in [0.25, 0.3) is 0 Å². The lowest BCUT2D eigenvalue weighted by Gasteiger charge is -2.16. The lowest BCUT2D eigenvalue weighted by Crippen LogP contribution is -2.11. The highest BCUT2D eigenvalue weighted by molar-refractivity contribution is 5.52. The van der Waals surface area contributed by atoms with Gasteiger partial charge in [-0.15, -0.1) is 0 Å². The quantitative estimate of drug-likeness (QED) is 0.682. The third kappa shape index (κ3) is 2.03. The molecule has 0 atom stereocenters. The minimum atomic E-state index is 0.973. The van der Waals surface area contributed by atoms with E-state index >= 15 is 0 Å². The number of hydrogen-bond acceptors (Lipinski definition) is 1. The van der Waals surface area contributed by atoms with Crippen LogP contribution in [0.5, 0.6) is 0 Å². The molecule has 0 amide bonds. The second kappa shape index (κ2) is 3.41. The molecule has 0 unspecified atom stereocenters. The van der Waals surface area contributed by atoms with Gasteiger partial charge in [0.2, 0.25) is 0 Å². The molecule has 0 radical (unpaired) electrons. The van der Waals surface area contributed by atoms with Crippen LogP contribution in [0.3, 0.4) is 0 Å². The van der Waals surface area contributed by atoms with E-state index in [-0.39, 0.29) is 0 Å². The first-order valence-corrected chi connectivity index (χ1v) is 5.02. The maximum atomic E-state index is 2.26. The molecular weight excluding hydrogens is 158 g/mol. The van der Waals surface area contributed by atoms with Crippen LogP contribution in [0, 0.1) is 5.92 Å². The maximum Gasteiger partial charge on any atom is 0.0393 e. The van der Waals surface area contributed by atoms with Gasteiger partial charge >= 0.3 is 0 Å². The van der Waals surface area contributed by atoms with E-state index < -0.39 is 0 Å². The number of hydrogen-bond donors (Lipinski definition) is 0. The molecule has 0 saturated heterocycles. The Hall–Kier alpha value is -0.980. The smallest absolute Gasteiger partial charge is 0.0393 e. The molecule has 0 aliphatic heterocycles. The Bertz CT molecular complexity index is 287. The summed E-state index contributed by atoms with van der Waals surface area (Å²) in [5, 5.41) is 0. The van der Waals surface area contributed by atoms with E-state index in [0.29, 0.717) is 0 Å². The lowest BCUT2D eigenvalue weighted by atomic mass is 10.1. The number of nitrogens with zero attached hydrogens (tertiary/aromatic N) is 1. The third-order valence-corrected chi connectivity index (χ3v) is 2.68. The molecule has 1 aliphatic carbocycles. The molecule has 0 N–H and O–H groups in total. The molecule has 0 heterocycles. The molecule has 1 saturated carbocycles. The molecule has 1 fully saturated rings. The van der Waals surface area contributed by atoms with Crippen molar-refractivity contribution in [1.82, 2.24) is 0 Å². The highest BCUT2D eigenvalue weighted by atomic mass is 15.1. The first-order chi connectivity index (χ1) is 6.27. The van der Waals surface area contributed by atoms with E-state index in [1.807, 2.05) is 0 Å². The van der Waals surface area contributed by atoms with Gasteiger partial charge in [-0.1, -0.05) is 18.2 Å². The van der Waals surface area contributed by atoms with Crippen molar-refractivity contribution in [3.8, 4) is 0 Å². The van der Waals surface area contributed by atoms with E-state index in [0.717, 1.165) is 5.92 Å². The zero-order valence-electron chi connectivity index (χ0n) is 8.46. The van der Waals surface area contributed by atoms with Gasteiger partial charge in [0, 0.05) is 19.8 Å². The molecule has 0 aromatic heterocycles. The molecule has 1 heteroatoms. The monoisotopic (exact) mass is 175 g/mol. The molecular formula is C12H17N. The van der Waals surface area contributed by atoms with E-state index in [9.17, 15) is 0 Å². The first-order valence-electron chi connectivity index (χ1n) is 5.02. The maximum absolute atomic E-state index is 2.26. The normalized spacial score (nSPS) is 15.8. The van der Waals surface area contributed by atoms with Gasteiger partial charge in [-0.3, -0.25) is 0 Å². The fraction of sp³-hybridized carbons (Fsp3) is 0.500. The fourth-order valence-electron chi connectivity index (χ4n) is 1.75. The second-order valence-corrected chi connectivity index (χ2v) is 4.17. The van der Waals surface area contributed by atoms with E-state index in [1.165, 1.54) is 30.5 Å². The highest BCUT2D eigenvalue weighted by Gasteiger charge is 2.22. The molecule has 0 bridgehead atoms. The predicted molar refractivity (Wildman–Crippen MR) is 57.2 cm³/mol. The average molecular weight is 175 g/mol. The summed E-state index contributed by atoms with van der Waals surface area (Å²) in [5.74, 6) is 0.973. The van der Waals surface area contributed by atoms with Crippen LogP contribution in [0.1, 0.15) is 18.4 Å². The first kappa shape index (κ1) is 8.61. The van der Waals surface area contributed by atoms with Crippen LogP contribution in [-0.4, -0.2) is 14.1 Å². The Morgan fingerprint density at radius 3 is 2.54 bits per heavy atom. The molecule has 1 aliphatic rings.